The minimum atomic E-state index is -0.559. The van der Waals surface area contributed by atoms with Crippen molar-refractivity contribution >= 4 is 35.3 Å². The standard InChI is InChI=1S/C20H18ClN3O4/c1-3-9-28-20-16(21)10-14(11-17(20)27-2)13-22-24-19(26)12-18(25)23-15-7-5-4-6-8-15/h1,4-8,10-11,13H,9,12H2,2H3,(H,23,25)(H,24,26). The lowest BCUT2D eigenvalue weighted by atomic mass is 10.2. The van der Waals surface area contributed by atoms with Gasteiger partial charge in [0.2, 0.25) is 11.8 Å². The molecule has 28 heavy (non-hydrogen) atoms. The zero-order valence-electron chi connectivity index (χ0n) is 15.1. The number of benzene rings is 2. The number of ether oxygens (including phenoxy) is 2. The Morgan fingerprint density at radius 2 is 2.00 bits per heavy atom. The molecule has 0 saturated heterocycles. The van der Waals surface area contributed by atoms with E-state index >= 15 is 0 Å². The summed E-state index contributed by atoms with van der Waals surface area (Å²) in [7, 11) is 1.46. The Morgan fingerprint density at radius 3 is 2.68 bits per heavy atom. The van der Waals surface area contributed by atoms with Crippen LogP contribution >= 0.6 is 11.6 Å². The number of amides is 2. The van der Waals surface area contributed by atoms with Gasteiger partial charge in [-0.1, -0.05) is 35.7 Å². The molecular formula is C20H18ClN3O4. The maximum atomic E-state index is 11.8. The van der Waals surface area contributed by atoms with Crippen molar-refractivity contribution in [1.82, 2.24) is 5.43 Å². The van der Waals surface area contributed by atoms with Crippen molar-refractivity contribution in [3.63, 3.8) is 0 Å². The average Bonchev–Trinajstić information content (AvgIpc) is 2.67. The first-order valence-corrected chi connectivity index (χ1v) is 8.52. The maximum Gasteiger partial charge on any atom is 0.249 e. The topological polar surface area (TPSA) is 89.0 Å². The first-order chi connectivity index (χ1) is 13.5. The number of terminal acetylenes is 1. The third-order valence-electron chi connectivity index (χ3n) is 3.33. The van der Waals surface area contributed by atoms with Crippen molar-refractivity contribution in [2.75, 3.05) is 19.0 Å². The number of hydrogen-bond donors (Lipinski definition) is 2. The van der Waals surface area contributed by atoms with Crippen LogP contribution in [0.1, 0.15) is 12.0 Å². The minimum absolute atomic E-state index is 0.0462. The molecule has 0 heterocycles. The van der Waals surface area contributed by atoms with Gasteiger partial charge in [0.1, 0.15) is 13.0 Å². The highest BCUT2D eigenvalue weighted by Crippen LogP contribution is 2.35. The first kappa shape index (κ1) is 20.8. The number of nitrogens with zero attached hydrogens (tertiary/aromatic N) is 1. The van der Waals surface area contributed by atoms with E-state index in [1.54, 1.807) is 36.4 Å². The average molecular weight is 400 g/mol. The number of carbonyl (C=O) groups is 2. The molecular weight excluding hydrogens is 382 g/mol. The van der Waals surface area contributed by atoms with E-state index in [0.29, 0.717) is 22.7 Å². The Kier molecular flexibility index (Phi) is 7.88. The fourth-order valence-corrected chi connectivity index (χ4v) is 2.43. The molecule has 0 aliphatic carbocycles. The summed E-state index contributed by atoms with van der Waals surface area (Å²) in [5.41, 5.74) is 3.45. The molecule has 0 bridgehead atoms. The monoisotopic (exact) mass is 399 g/mol. The molecule has 144 valence electrons. The third kappa shape index (κ3) is 6.34. The van der Waals surface area contributed by atoms with Crippen LogP contribution in [0.15, 0.2) is 47.6 Å². The second kappa shape index (κ2) is 10.6. The van der Waals surface area contributed by atoms with Crippen LogP contribution in [0.3, 0.4) is 0 Å². The van der Waals surface area contributed by atoms with Crippen molar-refractivity contribution in [3.05, 3.63) is 53.1 Å². The van der Waals surface area contributed by atoms with Crippen LogP contribution in [-0.2, 0) is 9.59 Å². The molecule has 2 aromatic rings. The number of anilines is 1. The Hall–Kier alpha value is -3.50. The molecule has 0 atom stereocenters. The van der Waals surface area contributed by atoms with Gasteiger partial charge in [-0.15, -0.1) is 6.42 Å². The lowest BCUT2D eigenvalue weighted by molar-refractivity contribution is -0.126. The number of carbonyl (C=O) groups excluding carboxylic acids is 2. The molecule has 2 amide bonds. The smallest absolute Gasteiger partial charge is 0.249 e. The number of halogens is 1. The minimum Gasteiger partial charge on any atom is -0.493 e. The summed E-state index contributed by atoms with van der Waals surface area (Å²) in [4.78, 5) is 23.6. The molecule has 8 heteroatoms. The van der Waals surface area contributed by atoms with Crippen LogP contribution in [-0.4, -0.2) is 31.7 Å². The molecule has 0 saturated carbocycles. The Morgan fingerprint density at radius 1 is 1.25 bits per heavy atom. The molecule has 2 aromatic carbocycles. The zero-order valence-corrected chi connectivity index (χ0v) is 15.8. The Labute approximate surface area is 167 Å². The number of methoxy groups -OCH3 is 1. The van der Waals surface area contributed by atoms with E-state index < -0.39 is 11.8 Å². The molecule has 0 aliphatic rings. The van der Waals surface area contributed by atoms with Crippen molar-refractivity contribution in [2.45, 2.75) is 6.42 Å². The van der Waals surface area contributed by atoms with E-state index in [4.69, 9.17) is 27.5 Å². The molecule has 0 fully saturated rings. The van der Waals surface area contributed by atoms with E-state index in [9.17, 15) is 9.59 Å². The van der Waals surface area contributed by atoms with Crippen molar-refractivity contribution in [3.8, 4) is 23.8 Å². The molecule has 0 aliphatic heterocycles. The van der Waals surface area contributed by atoms with E-state index in [-0.39, 0.29) is 18.1 Å². The van der Waals surface area contributed by atoms with Gasteiger partial charge in [0.05, 0.1) is 18.3 Å². The van der Waals surface area contributed by atoms with Crippen LogP contribution in [0.25, 0.3) is 0 Å². The molecule has 0 spiro atoms. The van der Waals surface area contributed by atoms with Crippen LogP contribution in [0, 0.1) is 12.3 Å². The van der Waals surface area contributed by atoms with Gasteiger partial charge in [0, 0.05) is 5.69 Å². The predicted octanol–water partition coefficient (Wildman–Crippen LogP) is 2.84. The molecule has 2 N–H and O–H groups in total. The summed E-state index contributed by atoms with van der Waals surface area (Å²) in [6.45, 7) is 0.0462. The van der Waals surface area contributed by atoms with Crippen LogP contribution in [0.2, 0.25) is 5.02 Å². The predicted molar refractivity (Wildman–Crippen MR) is 108 cm³/mol. The highest BCUT2D eigenvalue weighted by Gasteiger charge is 2.12. The molecule has 2 rings (SSSR count). The van der Waals surface area contributed by atoms with Gasteiger partial charge in [-0.25, -0.2) is 5.43 Å². The quantitative estimate of drug-likeness (QED) is 0.309. The highest BCUT2D eigenvalue weighted by atomic mass is 35.5. The summed E-state index contributed by atoms with van der Waals surface area (Å²) in [6.07, 6.45) is 6.17. The second-order valence-electron chi connectivity index (χ2n) is 5.41. The van der Waals surface area contributed by atoms with Crippen molar-refractivity contribution in [1.29, 1.82) is 0 Å². The van der Waals surface area contributed by atoms with Crippen molar-refractivity contribution < 1.29 is 19.1 Å². The zero-order chi connectivity index (χ0) is 20.4. The van der Waals surface area contributed by atoms with E-state index in [1.807, 2.05) is 6.07 Å². The largest absolute Gasteiger partial charge is 0.493 e. The molecule has 7 nitrogen and oxygen atoms in total. The number of rotatable bonds is 8. The van der Waals surface area contributed by atoms with Crippen LogP contribution in [0.4, 0.5) is 5.69 Å². The number of nitrogens with one attached hydrogen (secondary N) is 2. The molecule has 0 radical (unpaired) electrons. The first-order valence-electron chi connectivity index (χ1n) is 8.14. The van der Waals surface area contributed by atoms with Gasteiger partial charge in [-0.2, -0.15) is 5.10 Å². The summed E-state index contributed by atoms with van der Waals surface area (Å²) in [6, 6.07) is 12.0. The van der Waals surface area contributed by atoms with Gasteiger partial charge < -0.3 is 14.8 Å². The van der Waals surface area contributed by atoms with Crippen molar-refractivity contribution in [2.24, 2.45) is 5.10 Å². The van der Waals surface area contributed by atoms with E-state index in [0.717, 1.165) is 0 Å². The third-order valence-corrected chi connectivity index (χ3v) is 3.61. The number of para-hydroxylation sites is 1. The summed E-state index contributed by atoms with van der Waals surface area (Å²) < 4.78 is 10.6. The maximum absolute atomic E-state index is 11.8. The fourth-order valence-electron chi connectivity index (χ4n) is 2.16. The fraction of sp³-hybridized carbons (Fsp3) is 0.150. The van der Waals surface area contributed by atoms with Gasteiger partial charge in [-0.05, 0) is 29.8 Å². The van der Waals surface area contributed by atoms with Gasteiger partial charge in [0.15, 0.2) is 11.5 Å². The van der Waals surface area contributed by atoms with Gasteiger partial charge in [-0.3, -0.25) is 9.59 Å². The van der Waals surface area contributed by atoms with E-state index in [1.165, 1.54) is 13.3 Å². The van der Waals surface area contributed by atoms with Crippen LogP contribution in [0.5, 0.6) is 11.5 Å². The normalized spacial score (nSPS) is 10.2. The lowest BCUT2D eigenvalue weighted by Gasteiger charge is -2.11. The Balaban J connectivity index is 1.92. The number of hydrogen-bond acceptors (Lipinski definition) is 5. The lowest BCUT2D eigenvalue weighted by Crippen LogP contribution is -2.24. The summed E-state index contributed by atoms with van der Waals surface area (Å²) in [5, 5.41) is 6.71. The second-order valence-corrected chi connectivity index (χ2v) is 5.82. The summed E-state index contributed by atoms with van der Waals surface area (Å²) >= 11 is 6.16. The molecule has 0 unspecified atom stereocenters. The van der Waals surface area contributed by atoms with Gasteiger partial charge in [0.25, 0.3) is 0 Å². The SMILES string of the molecule is C#CCOc1c(Cl)cc(C=NNC(=O)CC(=O)Nc2ccccc2)cc1OC. The van der Waals surface area contributed by atoms with Gasteiger partial charge >= 0.3 is 0 Å². The van der Waals surface area contributed by atoms with E-state index in [2.05, 4.69) is 21.8 Å². The molecule has 0 aromatic heterocycles. The Bertz CT molecular complexity index is 908. The highest BCUT2D eigenvalue weighted by molar-refractivity contribution is 6.32. The number of hydrazone groups is 1. The summed E-state index contributed by atoms with van der Waals surface area (Å²) in [5.74, 6) is 2.03. The van der Waals surface area contributed by atoms with Crippen LogP contribution < -0.4 is 20.2 Å².